The van der Waals surface area contributed by atoms with Crippen LogP contribution in [0.3, 0.4) is 0 Å². The van der Waals surface area contributed by atoms with Crippen molar-refractivity contribution < 1.29 is 0 Å². The number of aromatic nitrogens is 4. The van der Waals surface area contributed by atoms with E-state index in [1.165, 1.54) is 70.8 Å². The van der Waals surface area contributed by atoms with E-state index in [9.17, 15) is 0 Å². The molecule has 14 rings (SSSR count). The van der Waals surface area contributed by atoms with Gasteiger partial charge < -0.3 is 4.57 Å². The lowest BCUT2D eigenvalue weighted by Gasteiger charge is -2.22. The van der Waals surface area contributed by atoms with Crippen LogP contribution >= 0.6 is 11.3 Å². The van der Waals surface area contributed by atoms with Crippen molar-refractivity contribution in [3.63, 3.8) is 0 Å². The van der Waals surface area contributed by atoms with Crippen molar-refractivity contribution in [1.29, 1.82) is 0 Å². The normalized spacial score (nSPS) is 13.1. The Kier molecular flexibility index (Phi) is 7.87. The summed E-state index contributed by atoms with van der Waals surface area (Å²) in [5, 5.41) is 7.14. The average Bonchev–Trinajstić information content (AvgIpc) is 4.11. The van der Waals surface area contributed by atoms with E-state index in [0.29, 0.717) is 5.95 Å². The zero-order chi connectivity index (χ0) is 43.7. The van der Waals surface area contributed by atoms with Crippen LogP contribution in [-0.4, -0.2) is 19.1 Å². The molecule has 0 bridgehead atoms. The molecule has 0 spiro atoms. The summed E-state index contributed by atoms with van der Waals surface area (Å²) in [5.41, 5.74) is 17.4. The number of hydrogen-bond acceptors (Lipinski definition) is 3. The van der Waals surface area contributed by atoms with E-state index in [0.717, 1.165) is 54.5 Å². The highest BCUT2D eigenvalue weighted by Crippen LogP contribution is 2.51. The Balaban J connectivity index is 1.04. The summed E-state index contributed by atoms with van der Waals surface area (Å²) in [4.78, 5) is 12.4. The third-order valence-electron chi connectivity index (χ3n) is 14.1. The fourth-order valence-corrected chi connectivity index (χ4v) is 12.2. The summed E-state index contributed by atoms with van der Waals surface area (Å²) < 4.78 is 5.84. The van der Waals surface area contributed by atoms with E-state index in [1.807, 2.05) is 0 Å². The van der Waals surface area contributed by atoms with Crippen molar-refractivity contribution in [2.24, 2.45) is 0 Å². The summed E-state index contributed by atoms with van der Waals surface area (Å²) in [6.45, 7) is 4.70. The molecule has 9 aromatic carbocycles. The van der Waals surface area contributed by atoms with Crippen molar-refractivity contribution in [2.45, 2.75) is 19.3 Å². The minimum atomic E-state index is -0.148. The first-order valence-corrected chi connectivity index (χ1v) is 23.5. The Labute approximate surface area is 385 Å². The van der Waals surface area contributed by atoms with Crippen LogP contribution in [0, 0.1) is 0 Å². The number of fused-ring (bicyclic) bond motifs is 12. The van der Waals surface area contributed by atoms with Crippen LogP contribution in [0.2, 0.25) is 0 Å². The smallest absolute Gasteiger partial charge is 0.235 e. The third-order valence-corrected chi connectivity index (χ3v) is 15.3. The van der Waals surface area contributed by atoms with Gasteiger partial charge in [0.15, 0.2) is 0 Å². The van der Waals surface area contributed by atoms with Gasteiger partial charge in [0, 0.05) is 54.0 Å². The standard InChI is InChI=1S/C61H40N4S/c1-61(2)50-26-13-11-22-44(50)45-31-29-40(35-51(45)61)56-59-52(36-55(66-59)38-17-5-3-6-18-38)62-60(63-56)65-54-33-30-39(34-49(54)48-32-28-37-16-9-10-21-42(37)58(48)65)43-24-15-25-47-46-23-12-14-27-53(46)64(57(43)47)41-19-7-4-8-20-41/h3-36H,1-2H3. The molecule has 0 unspecified atom stereocenters. The summed E-state index contributed by atoms with van der Waals surface area (Å²) >= 11 is 1.77. The number of para-hydroxylation sites is 3. The summed E-state index contributed by atoms with van der Waals surface area (Å²) in [7, 11) is 0. The van der Waals surface area contributed by atoms with Crippen LogP contribution < -0.4 is 0 Å². The molecule has 0 amide bonds. The highest BCUT2D eigenvalue weighted by molar-refractivity contribution is 7.22. The second kappa shape index (κ2) is 13.9. The first-order chi connectivity index (χ1) is 32.5. The van der Waals surface area contributed by atoms with Gasteiger partial charge in [-0.15, -0.1) is 11.3 Å². The van der Waals surface area contributed by atoms with Gasteiger partial charge in [0.25, 0.3) is 0 Å². The number of thiophene rings is 1. The van der Waals surface area contributed by atoms with Gasteiger partial charge in [0.2, 0.25) is 5.95 Å². The Morgan fingerprint density at radius 2 is 1.11 bits per heavy atom. The zero-order valence-electron chi connectivity index (χ0n) is 36.3. The molecule has 4 nitrogen and oxygen atoms in total. The highest BCUT2D eigenvalue weighted by Gasteiger charge is 2.35. The Bertz CT molecular complexity index is 4130. The molecule has 0 aliphatic heterocycles. The van der Waals surface area contributed by atoms with Gasteiger partial charge in [-0.25, -0.2) is 9.97 Å². The topological polar surface area (TPSA) is 35.6 Å². The van der Waals surface area contributed by atoms with E-state index in [2.05, 4.69) is 229 Å². The minimum Gasteiger partial charge on any atom is -0.309 e. The summed E-state index contributed by atoms with van der Waals surface area (Å²) in [5.74, 6) is 0.661. The first kappa shape index (κ1) is 37.3. The lowest BCUT2D eigenvalue weighted by atomic mass is 9.82. The van der Waals surface area contributed by atoms with Gasteiger partial charge in [-0.2, -0.15) is 0 Å². The van der Waals surface area contributed by atoms with Crippen LogP contribution in [0.5, 0.6) is 0 Å². The largest absolute Gasteiger partial charge is 0.309 e. The fourth-order valence-electron chi connectivity index (χ4n) is 11.1. The van der Waals surface area contributed by atoms with Crippen molar-refractivity contribution >= 4 is 75.9 Å². The SMILES string of the molecule is CC1(C)c2ccccc2-c2ccc(-c3nc(-n4c5ccc(-c6cccc7c8ccccc8n(-c8ccccc8)c67)cc5c5ccc6ccccc6c54)nc4cc(-c5ccccc5)sc34)cc21. The second-order valence-electron chi connectivity index (χ2n) is 18.1. The van der Waals surface area contributed by atoms with Gasteiger partial charge in [0.05, 0.1) is 38.0 Å². The van der Waals surface area contributed by atoms with Crippen molar-refractivity contribution in [3.05, 3.63) is 217 Å². The predicted molar refractivity (Wildman–Crippen MR) is 277 cm³/mol. The molecule has 1 aliphatic carbocycles. The Hall–Kier alpha value is -8.12. The molecule has 1 aliphatic rings. The molecule has 0 saturated carbocycles. The molecule has 66 heavy (non-hydrogen) atoms. The fraction of sp³-hybridized carbons (Fsp3) is 0.0492. The molecule has 0 fully saturated rings. The Morgan fingerprint density at radius 1 is 0.424 bits per heavy atom. The van der Waals surface area contributed by atoms with Crippen molar-refractivity contribution in [1.82, 2.24) is 19.1 Å². The molecule has 0 radical (unpaired) electrons. The monoisotopic (exact) mass is 860 g/mol. The molecule has 0 N–H and O–H groups in total. The molecular weight excluding hydrogens is 821 g/mol. The molecule has 5 heteroatoms. The molecule has 4 aromatic heterocycles. The van der Waals surface area contributed by atoms with Crippen LogP contribution in [0.4, 0.5) is 0 Å². The van der Waals surface area contributed by atoms with E-state index in [-0.39, 0.29) is 5.41 Å². The van der Waals surface area contributed by atoms with E-state index in [1.54, 1.807) is 11.3 Å². The molecule has 0 atom stereocenters. The van der Waals surface area contributed by atoms with Crippen LogP contribution in [-0.2, 0) is 5.41 Å². The number of hydrogen-bond donors (Lipinski definition) is 0. The quantitative estimate of drug-likeness (QED) is 0.173. The summed E-state index contributed by atoms with van der Waals surface area (Å²) in [6, 6.07) is 75.2. The maximum Gasteiger partial charge on any atom is 0.235 e. The van der Waals surface area contributed by atoms with Crippen LogP contribution in [0.25, 0.3) is 120 Å². The lowest BCUT2D eigenvalue weighted by Crippen LogP contribution is -2.15. The van der Waals surface area contributed by atoms with Gasteiger partial charge in [-0.05, 0) is 81.2 Å². The molecule has 310 valence electrons. The van der Waals surface area contributed by atoms with Gasteiger partial charge in [0.1, 0.15) is 0 Å². The van der Waals surface area contributed by atoms with Gasteiger partial charge in [-0.1, -0.05) is 178 Å². The minimum absolute atomic E-state index is 0.148. The van der Waals surface area contributed by atoms with Crippen molar-refractivity contribution in [2.75, 3.05) is 0 Å². The zero-order valence-corrected chi connectivity index (χ0v) is 37.1. The maximum atomic E-state index is 5.70. The molecule has 4 heterocycles. The van der Waals surface area contributed by atoms with Crippen molar-refractivity contribution in [3.8, 4) is 55.6 Å². The number of rotatable bonds is 5. The average molecular weight is 861 g/mol. The van der Waals surface area contributed by atoms with Gasteiger partial charge in [-0.3, -0.25) is 4.57 Å². The maximum absolute atomic E-state index is 5.70. The van der Waals surface area contributed by atoms with Crippen LogP contribution in [0.15, 0.2) is 206 Å². The highest BCUT2D eigenvalue weighted by atomic mass is 32.1. The molecule has 13 aromatic rings. The third kappa shape index (κ3) is 5.32. The second-order valence-corrected chi connectivity index (χ2v) is 19.2. The first-order valence-electron chi connectivity index (χ1n) is 22.7. The number of benzene rings is 9. The predicted octanol–water partition coefficient (Wildman–Crippen LogP) is 16.3. The molecule has 0 saturated heterocycles. The molecular formula is C61H40N4S. The number of nitrogens with zero attached hydrogens (tertiary/aromatic N) is 4. The summed E-state index contributed by atoms with van der Waals surface area (Å²) in [6.07, 6.45) is 0. The lowest BCUT2D eigenvalue weighted by molar-refractivity contribution is 0.660. The Morgan fingerprint density at radius 3 is 1.98 bits per heavy atom. The van der Waals surface area contributed by atoms with Crippen LogP contribution in [0.1, 0.15) is 25.0 Å². The van der Waals surface area contributed by atoms with Gasteiger partial charge >= 0.3 is 0 Å². The van der Waals surface area contributed by atoms with E-state index >= 15 is 0 Å². The van der Waals surface area contributed by atoms with E-state index < -0.39 is 0 Å². The van der Waals surface area contributed by atoms with E-state index in [4.69, 9.17) is 9.97 Å².